The molecule has 1 aliphatic carbocycles. The summed E-state index contributed by atoms with van der Waals surface area (Å²) in [4.78, 5) is 11.7. The second-order valence-electron chi connectivity index (χ2n) is 5.91. The Morgan fingerprint density at radius 1 is 1.09 bits per heavy atom. The van der Waals surface area contributed by atoms with E-state index in [4.69, 9.17) is 5.73 Å². The Morgan fingerprint density at radius 2 is 1.65 bits per heavy atom. The summed E-state index contributed by atoms with van der Waals surface area (Å²) in [5.74, 6) is -2.06. The van der Waals surface area contributed by atoms with Gasteiger partial charge in [-0.05, 0) is 24.6 Å². The Bertz CT molecular complexity index is 846. The average molecular weight is 331 g/mol. The SMILES string of the molecule is Cc1ccc(S(=O)(=O)[C@H]2[C@@H](c3ccccc3)[C@@]2(N)C(=O)O)cc1. The standard InChI is InChI=1S/C17H17NO4S/c1-11-7-9-13(10-8-11)23(21,22)15-14(17(15,18)16(19)20)12-5-3-2-4-6-12/h2-10,14-15H,18H2,1H3,(H,19,20)/t14-,15+,17+/m1/s1. The van der Waals surface area contributed by atoms with Crippen LogP contribution in [0.2, 0.25) is 0 Å². The fraction of sp³-hybridized carbons (Fsp3) is 0.235. The number of aryl methyl sites for hydroxylation is 1. The summed E-state index contributed by atoms with van der Waals surface area (Å²) in [5.41, 5.74) is 5.73. The molecule has 0 radical (unpaired) electrons. The van der Waals surface area contributed by atoms with Gasteiger partial charge in [0.05, 0.1) is 4.90 Å². The van der Waals surface area contributed by atoms with Gasteiger partial charge in [0.1, 0.15) is 10.8 Å². The lowest BCUT2D eigenvalue weighted by molar-refractivity contribution is -0.139. The van der Waals surface area contributed by atoms with Gasteiger partial charge >= 0.3 is 5.97 Å². The van der Waals surface area contributed by atoms with Crippen LogP contribution in [0.25, 0.3) is 0 Å². The molecule has 23 heavy (non-hydrogen) atoms. The Morgan fingerprint density at radius 3 is 2.17 bits per heavy atom. The number of carbonyl (C=O) groups is 1. The number of hydrogen-bond donors (Lipinski definition) is 2. The van der Waals surface area contributed by atoms with Crippen LogP contribution in [0, 0.1) is 6.92 Å². The maximum atomic E-state index is 12.9. The molecule has 0 aromatic heterocycles. The van der Waals surface area contributed by atoms with Crippen molar-refractivity contribution in [3.8, 4) is 0 Å². The molecule has 1 aliphatic rings. The number of carboxylic acids is 1. The second kappa shape index (κ2) is 5.18. The van der Waals surface area contributed by atoms with E-state index in [1.165, 1.54) is 12.1 Å². The quantitative estimate of drug-likeness (QED) is 0.889. The summed E-state index contributed by atoms with van der Waals surface area (Å²) in [7, 11) is -3.84. The predicted molar refractivity (Wildman–Crippen MR) is 85.9 cm³/mol. The fourth-order valence-electron chi connectivity index (χ4n) is 3.05. The first kappa shape index (κ1) is 15.7. The van der Waals surface area contributed by atoms with Crippen LogP contribution in [-0.2, 0) is 14.6 Å². The maximum Gasteiger partial charge on any atom is 0.325 e. The Kier molecular flexibility index (Phi) is 3.54. The molecule has 1 saturated carbocycles. The number of hydrogen-bond acceptors (Lipinski definition) is 4. The van der Waals surface area contributed by atoms with Gasteiger partial charge in [-0.3, -0.25) is 4.79 Å². The van der Waals surface area contributed by atoms with Gasteiger partial charge in [0.2, 0.25) is 0 Å². The first-order chi connectivity index (χ1) is 10.8. The molecular weight excluding hydrogens is 314 g/mol. The molecule has 2 aromatic carbocycles. The number of aliphatic carboxylic acids is 1. The van der Waals surface area contributed by atoms with E-state index in [1.807, 2.05) is 6.92 Å². The fourth-order valence-corrected chi connectivity index (χ4v) is 5.28. The molecule has 0 heterocycles. The summed E-state index contributed by atoms with van der Waals surface area (Å²) < 4.78 is 25.7. The van der Waals surface area contributed by atoms with Crippen LogP contribution in [0.3, 0.4) is 0 Å². The Hall–Kier alpha value is -2.18. The van der Waals surface area contributed by atoms with Crippen molar-refractivity contribution in [2.24, 2.45) is 5.73 Å². The summed E-state index contributed by atoms with van der Waals surface area (Å²) >= 11 is 0. The molecule has 1 fully saturated rings. The second-order valence-corrected chi connectivity index (χ2v) is 7.97. The monoisotopic (exact) mass is 331 g/mol. The number of sulfone groups is 1. The van der Waals surface area contributed by atoms with Crippen LogP contribution in [-0.4, -0.2) is 30.3 Å². The zero-order valence-electron chi connectivity index (χ0n) is 12.5. The zero-order valence-corrected chi connectivity index (χ0v) is 13.3. The van der Waals surface area contributed by atoms with E-state index in [2.05, 4.69) is 0 Å². The highest BCUT2D eigenvalue weighted by molar-refractivity contribution is 7.92. The molecule has 3 N–H and O–H groups in total. The van der Waals surface area contributed by atoms with Crippen molar-refractivity contribution >= 4 is 15.8 Å². The van der Waals surface area contributed by atoms with Crippen LogP contribution in [0.1, 0.15) is 17.0 Å². The normalized spacial score (nSPS) is 26.7. The van der Waals surface area contributed by atoms with Crippen LogP contribution in [0.15, 0.2) is 59.5 Å². The van der Waals surface area contributed by atoms with Gasteiger partial charge in [-0.1, -0.05) is 48.0 Å². The average Bonchev–Trinajstić information content (AvgIpc) is 3.17. The van der Waals surface area contributed by atoms with Crippen molar-refractivity contribution in [1.82, 2.24) is 0 Å². The molecule has 5 nitrogen and oxygen atoms in total. The lowest BCUT2D eigenvalue weighted by Gasteiger charge is -2.07. The van der Waals surface area contributed by atoms with Gasteiger partial charge in [-0.25, -0.2) is 8.42 Å². The lowest BCUT2D eigenvalue weighted by atomic mass is 10.1. The molecule has 0 saturated heterocycles. The minimum atomic E-state index is -3.84. The molecular formula is C17H17NO4S. The van der Waals surface area contributed by atoms with Crippen LogP contribution < -0.4 is 5.73 Å². The van der Waals surface area contributed by atoms with Gasteiger partial charge in [-0.15, -0.1) is 0 Å². The van der Waals surface area contributed by atoms with Gasteiger partial charge in [0.15, 0.2) is 9.84 Å². The van der Waals surface area contributed by atoms with E-state index in [-0.39, 0.29) is 4.90 Å². The number of carboxylic acid groups (broad SMARTS) is 1. The third kappa shape index (κ3) is 2.34. The van der Waals surface area contributed by atoms with E-state index >= 15 is 0 Å². The summed E-state index contributed by atoms with van der Waals surface area (Å²) in [6, 6.07) is 15.0. The van der Waals surface area contributed by atoms with E-state index < -0.39 is 32.5 Å². The highest BCUT2D eigenvalue weighted by atomic mass is 32.2. The number of benzene rings is 2. The first-order valence-corrected chi connectivity index (χ1v) is 8.72. The smallest absolute Gasteiger partial charge is 0.325 e. The lowest BCUT2D eigenvalue weighted by Crippen LogP contribution is -2.39. The van der Waals surface area contributed by atoms with Crippen molar-refractivity contribution in [2.45, 2.75) is 28.5 Å². The largest absolute Gasteiger partial charge is 0.480 e. The molecule has 3 rings (SSSR count). The molecule has 0 bridgehead atoms. The molecule has 0 aliphatic heterocycles. The van der Waals surface area contributed by atoms with Crippen molar-refractivity contribution in [1.29, 1.82) is 0 Å². The van der Waals surface area contributed by atoms with E-state index in [0.717, 1.165) is 5.56 Å². The number of nitrogens with two attached hydrogens (primary N) is 1. The van der Waals surface area contributed by atoms with Gasteiger partial charge in [0.25, 0.3) is 0 Å². The zero-order chi connectivity index (χ0) is 16.8. The van der Waals surface area contributed by atoms with Crippen LogP contribution in [0.5, 0.6) is 0 Å². The highest BCUT2D eigenvalue weighted by Gasteiger charge is 2.74. The van der Waals surface area contributed by atoms with Crippen molar-refractivity contribution in [3.63, 3.8) is 0 Å². The predicted octanol–water partition coefficient (Wildman–Crippen LogP) is 1.72. The third-order valence-electron chi connectivity index (χ3n) is 4.39. The van der Waals surface area contributed by atoms with Gasteiger partial charge in [0, 0.05) is 5.92 Å². The Balaban J connectivity index is 2.07. The van der Waals surface area contributed by atoms with Gasteiger partial charge in [-0.2, -0.15) is 0 Å². The van der Waals surface area contributed by atoms with Crippen LogP contribution >= 0.6 is 0 Å². The van der Waals surface area contributed by atoms with Crippen molar-refractivity contribution < 1.29 is 18.3 Å². The molecule has 2 aromatic rings. The first-order valence-electron chi connectivity index (χ1n) is 7.17. The minimum absolute atomic E-state index is 0.0996. The van der Waals surface area contributed by atoms with Gasteiger partial charge < -0.3 is 10.8 Å². The van der Waals surface area contributed by atoms with Crippen molar-refractivity contribution in [3.05, 3.63) is 65.7 Å². The van der Waals surface area contributed by atoms with E-state index in [1.54, 1.807) is 42.5 Å². The molecule has 0 spiro atoms. The maximum absolute atomic E-state index is 12.9. The van der Waals surface area contributed by atoms with Crippen LogP contribution in [0.4, 0.5) is 0 Å². The molecule has 120 valence electrons. The molecule has 3 atom stereocenters. The molecule has 0 unspecified atom stereocenters. The molecule has 6 heteroatoms. The van der Waals surface area contributed by atoms with E-state index in [9.17, 15) is 18.3 Å². The highest BCUT2D eigenvalue weighted by Crippen LogP contribution is 2.55. The summed E-state index contributed by atoms with van der Waals surface area (Å²) in [5, 5.41) is 8.31. The molecule has 0 amide bonds. The van der Waals surface area contributed by atoms with Crippen molar-refractivity contribution in [2.75, 3.05) is 0 Å². The third-order valence-corrected chi connectivity index (χ3v) is 6.65. The summed E-state index contributed by atoms with van der Waals surface area (Å²) in [6.07, 6.45) is 0. The number of rotatable bonds is 4. The topological polar surface area (TPSA) is 97.5 Å². The Labute approximate surface area is 134 Å². The van der Waals surface area contributed by atoms with E-state index in [0.29, 0.717) is 5.56 Å². The summed E-state index contributed by atoms with van der Waals surface area (Å²) in [6.45, 7) is 1.85. The minimum Gasteiger partial charge on any atom is -0.480 e.